The van der Waals surface area contributed by atoms with E-state index in [9.17, 15) is 9.90 Å². The molecule has 0 amide bonds. The summed E-state index contributed by atoms with van der Waals surface area (Å²) in [6.45, 7) is 0. The first-order chi connectivity index (χ1) is 10.0. The first-order valence-electron chi connectivity index (χ1n) is 6.09. The molecular formula is C15H13Cl2NO3. The minimum Gasteiger partial charge on any atom is -0.497 e. The van der Waals surface area contributed by atoms with Crippen LogP contribution in [0.4, 0.5) is 5.69 Å². The van der Waals surface area contributed by atoms with Crippen molar-refractivity contribution in [1.82, 2.24) is 0 Å². The Morgan fingerprint density at radius 1 is 1.24 bits per heavy atom. The number of hydrogen-bond acceptors (Lipinski definition) is 3. The SMILES string of the molecule is COc1cccc(NC(C(=O)O)c2ccc(Cl)cc2Cl)c1. The summed E-state index contributed by atoms with van der Waals surface area (Å²) in [5, 5.41) is 13.1. The summed E-state index contributed by atoms with van der Waals surface area (Å²) < 4.78 is 5.11. The predicted molar refractivity (Wildman–Crippen MR) is 83.5 cm³/mol. The van der Waals surface area contributed by atoms with Gasteiger partial charge in [-0.25, -0.2) is 4.79 Å². The quantitative estimate of drug-likeness (QED) is 0.863. The maximum Gasteiger partial charge on any atom is 0.330 e. The zero-order valence-corrected chi connectivity index (χ0v) is 12.7. The number of hydrogen-bond donors (Lipinski definition) is 2. The van der Waals surface area contributed by atoms with Crippen LogP contribution in [0.5, 0.6) is 5.75 Å². The van der Waals surface area contributed by atoms with Crippen molar-refractivity contribution in [3.63, 3.8) is 0 Å². The highest BCUT2D eigenvalue weighted by atomic mass is 35.5. The Kier molecular flexibility index (Phi) is 4.94. The zero-order valence-electron chi connectivity index (χ0n) is 11.1. The van der Waals surface area contributed by atoms with Crippen molar-refractivity contribution in [3.8, 4) is 5.75 Å². The minimum absolute atomic E-state index is 0.297. The van der Waals surface area contributed by atoms with E-state index in [-0.39, 0.29) is 0 Å². The number of aliphatic carboxylic acids is 1. The molecule has 0 bridgehead atoms. The van der Waals surface area contributed by atoms with Crippen molar-refractivity contribution < 1.29 is 14.6 Å². The molecule has 0 fully saturated rings. The van der Waals surface area contributed by atoms with Gasteiger partial charge in [0.1, 0.15) is 5.75 Å². The van der Waals surface area contributed by atoms with Gasteiger partial charge in [-0.3, -0.25) is 0 Å². The average Bonchev–Trinajstić information content (AvgIpc) is 2.45. The largest absolute Gasteiger partial charge is 0.497 e. The summed E-state index contributed by atoms with van der Waals surface area (Å²) >= 11 is 11.9. The highest BCUT2D eigenvalue weighted by Gasteiger charge is 2.22. The Morgan fingerprint density at radius 2 is 2.00 bits per heavy atom. The fourth-order valence-corrected chi connectivity index (χ4v) is 2.41. The van der Waals surface area contributed by atoms with Gasteiger partial charge in [-0.1, -0.05) is 35.3 Å². The molecular weight excluding hydrogens is 313 g/mol. The van der Waals surface area contributed by atoms with Crippen molar-refractivity contribution in [2.45, 2.75) is 6.04 Å². The summed E-state index contributed by atoms with van der Waals surface area (Å²) in [6.07, 6.45) is 0. The lowest BCUT2D eigenvalue weighted by Crippen LogP contribution is -2.20. The lowest BCUT2D eigenvalue weighted by molar-refractivity contribution is -0.138. The molecule has 2 N–H and O–H groups in total. The van der Waals surface area contributed by atoms with Crippen LogP contribution in [0.3, 0.4) is 0 Å². The summed E-state index contributed by atoms with van der Waals surface area (Å²) in [5.74, 6) is -0.409. The van der Waals surface area contributed by atoms with Crippen LogP contribution in [-0.2, 0) is 4.79 Å². The van der Waals surface area contributed by atoms with Crippen molar-refractivity contribution >= 4 is 34.9 Å². The summed E-state index contributed by atoms with van der Waals surface area (Å²) in [6, 6.07) is 10.7. The van der Waals surface area contributed by atoms with E-state index in [2.05, 4.69) is 5.32 Å². The molecule has 2 aromatic carbocycles. The molecule has 0 heterocycles. The van der Waals surface area contributed by atoms with Crippen molar-refractivity contribution in [2.24, 2.45) is 0 Å². The normalized spacial score (nSPS) is 11.8. The van der Waals surface area contributed by atoms with Gasteiger partial charge in [-0.2, -0.15) is 0 Å². The summed E-state index contributed by atoms with van der Waals surface area (Å²) in [4.78, 5) is 11.5. The van der Waals surface area contributed by atoms with Crippen LogP contribution >= 0.6 is 23.2 Å². The van der Waals surface area contributed by atoms with E-state index in [0.29, 0.717) is 27.0 Å². The van der Waals surface area contributed by atoms with E-state index >= 15 is 0 Å². The molecule has 0 aliphatic rings. The third-order valence-electron chi connectivity index (χ3n) is 2.90. The second-order valence-corrected chi connectivity index (χ2v) is 5.16. The third kappa shape index (κ3) is 3.80. The van der Waals surface area contributed by atoms with Gasteiger partial charge in [0.25, 0.3) is 0 Å². The fourth-order valence-electron chi connectivity index (χ4n) is 1.89. The first-order valence-corrected chi connectivity index (χ1v) is 6.85. The number of carboxylic acid groups (broad SMARTS) is 1. The molecule has 0 saturated heterocycles. The first kappa shape index (κ1) is 15.5. The Hall–Kier alpha value is -1.91. The minimum atomic E-state index is -1.04. The molecule has 2 rings (SSSR count). The lowest BCUT2D eigenvalue weighted by atomic mass is 10.1. The van der Waals surface area contributed by atoms with E-state index in [4.69, 9.17) is 27.9 Å². The molecule has 1 atom stereocenters. The molecule has 0 saturated carbocycles. The van der Waals surface area contributed by atoms with Crippen LogP contribution in [0.25, 0.3) is 0 Å². The van der Waals surface area contributed by atoms with Gasteiger partial charge in [0.05, 0.1) is 7.11 Å². The molecule has 0 spiro atoms. The van der Waals surface area contributed by atoms with E-state index in [1.54, 1.807) is 43.5 Å². The maximum absolute atomic E-state index is 11.5. The lowest BCUT2D eigenvalue weighted by Gasteiger charge is -2.18. The van der Waals surface area contributed by atoms with E-state index in [0.717, 1.165) is 0 Å². The number of nitrogens with one attached hydrogen (secondary N) is 1. The molecule has 1 unspecified atom stereocenters. The standard InChI is InChI=1S/C15H13Cl2NO3/c1-21-11-4-2-3-10(8-11)18-14(15(19)20)12-6-5-9(16)7-13(12)17/h2-8,14,18H,1H3,(H,19,20). The number of methoxy groups -OCH3 is 1. The molecule has 21 heavy (non-hydrogen) atoms. The highest BCUT2D eigenvalue weighted by molar-refractivity contribution is 6.35. The Labute approximate surface area is 132 Å². The number of rotatable bonds is 5. The topological polar surface area (TPSA) is 58.6 Å². The number of ether oxygens (including phenoxy) is 1. The van der Waals surface area contributed by atoms with Crippen molar-refractivity contribution in [3.05, 3.63) is 58.1 Å². The van der Waals surface area contributed by atoms with Gasteiger partial charge in [0, 0.05) is 27.4 Å². The van der Waals surface area contributed by atoms with Crippen LogP contribution in [0.2, 0.25) is 10.0 Å². The van der Waals surface area contributed by atoms with Crippen molar-refractivity contribution in [1.29, 1.82) is 0 Å². The number of carboxylic acids is 1. The fraction of sp³-hybridized carbons (Fsp3) is 0.133. The number of carbonyl (C=O) groups is 1. The van der Waals surface area contributed by atoms with Gasteiger partial charge in [-0.05, 0) is 24.3 Å². The van der Waals surface area contributed by atoms with Gasteiger partial charge in [0.2, 0.25) is 0 Å². The summed E-state index contributed by atoms with van der Waals surface area (Å²) in [5.41, 5.74) is 1.06. The average molecular weight is 326 g/mol. The van der Waals surface area contributed by atoms with Gasteiger partial charge in [-0.15, -0.1) is 0 Å². The highest BCUT2D eigenvalue weighted by Crippen LogP contribution is 2.29. The molecule has 4 nitrogen and oxygen atoms in total. The Bertz CT molecular complexity index is 661. The molecule has 0 aliphatic carbocycles. The number of halogens is 2. The van der Waals surface area contributed by atoms with E-state index < -0.39 is 12.0 Å². The third-order valence-corrected chi connectivity index (χ3v) is 3.46. The molecule has 0 aliphatic heterocycles. The second kappa shape index (κ2) is 6.70. The molecule has 0 aromatic heterocycles. The molecule has 2 aromatic rings. The van der Waals surface area contributed by atoms with Gasteiger partial charge >= 0.3 is 5.97 Å². The van der Waals surface area contributed by atoms with Crippen LogP contribution in [0.1, 0.15) is 11.6 Å². The van der Waals surface area contributed by atoms with Crippen LogP contribution in [0.15, 0.2) is 42.5 Å². The van der Waals surface area contributed by atoms with Crippen molar-refractivity contribution in [2.75, 3.05) is 12.4 Å². The van der Waals surface area contributed by atoms with Gasteiger partial charge in [0.15, 0.2) is 6.04 Å². The Morgan fingerprint density at radius 3 is 2.62 bits per heavy atom. The van der Waals surface area contributed by atoms with Crippen LogP contribution < -0.4 is 10.1 Å². The predicted octanol–water partition coefficient (Wildman–Crippen LogP) is 4.24. The van der Waals surface area contributed by atoms with E-state index in [1.807, 2.05) is 0 Å². The molecule has 110 valence electrons. The monoisotopic (exact) mass is 325 g/mol. The number of benzene rings is 2. The molecule has 6 heteroatoms. The summed E-state index contributed by atoms with van der Waals surface area (Å²) in [7, 11) is 1.55. The molecule has 0 radical (unpaired) electrons. The van der Waals surface area contributed by atoms with Gasteiger partial charge < -0.3 is 15.2 Å². The zero-order chi connectivity index (χ0) is 15.4. The Balaban J connectivity index is 2.33. The van der Waals surface area contributed by atoms with E-state index in [1.165, 1.54) is 6.07 Å². The smallest absolute Gasteiger partial charge is 0.330 e. The van der Waals surface area contributed by atoms with Crippen LogP contribution in [-0.4, -0.2) is 18.2 Å². The maximum atomic E-state index is 11.5. The number of anilines is 1. The second-order valence-electron chi connectivity index (χ2n) is 4.31. The van der Waals surface area contributed by atoms with Crippen LogP contribution in [0, 0.1) is 0 Å².